The molecule has 0 saturated carbocycles. The van der Waals surface area contributed by atoms with Gasteiger partial charge in [-0.05, 0) is 100 Å². The van der Waals surface area contributed by atoms with Crippen molar-refractivity contribution in [3.8, 4) is 0 Å². The Labute approximate surface area is 597 Å². The van der Waals surface area contributed by atoms with Gasteiger partial charge in [-0.2, -0.15) is 11.8 Å². The lowest BCUT2D eigenvalue weighted by Gasteiger charge is -2.31. The zero-order valence-electron chi connectivity index (χ0n) is 58.4. The van der Waals surface area contributed by atoms with E-state index in [1.54, 1.807) is 58.4 Å². The minimum Gasteiger partial charge on any atom is -0.399 e. The van der Waals surface area contributed by atoms with Gasteiger partial charge in [-0.1, -0.05) is 45.9 Å². The second-order valence-corrected chi connectivity index (χ2v) is 26.9. The van der Waals surface area contributed by atoms with E-state index in [1.165, 1.54) is 67.3 Å². The number of aromatic nitrogens is 3. The number of carbonyl (C=O) groups is 15. The van der Waals surface area contributed by atoms with Crippen LogP contribution in [0.1, 0.15) is 88.8 Å². The van der Waals surface area contributed by atoms with Gasteiger partial charge in [0, 0.05) is 66.5 Å². The molecule has 558 valence electrons. The number of imide groups is 1. The molecule has 15 amide bonds. The smallest absolute Gasteiger partial charge is 0.261 e. The number of anilines is 1. The summed E-state index contributed by atoms with van der Waals surface area (Å²) >= 11 is 2.40. The quantitative estimate of drug-likeness (QED) is 0.0114. The van der Waals surface area contributed by atoms with Crippen molar-refractivity contribution < 1.29 is 77.0 Å². The summed E-state index contributed by atoms with van der Waals surface area (Å²) in [7, 11) is 3.18. The maximum Gasteiger partial charge on any atom is 0.261 e. The Kier molecular flexibility index (Phi) is 34.9. The molecule has 2 aromatic carbocycles. The summed E-state index contributed by atoms with van der Waals surface area (Å²) in [5.74, 6) is -14.3. The van der Waals surface area contributed by atoms with Crippen molar-refractivity contribution in [2.24, 2.45) is 23.3 Å². The average molecular weight is 1460 g/mol. The first-order valence-electron chi connectivity index (χ1n) is 32.6. The minimum atomic E-state index is -2.00. The lowest BCUT2D eigenvalue weighted by molar-refractivity contribution is -0.140. The van der Waals surface area contributed by atoms with E-state index in [4.69, 9.17) is 17.2 Å². The number of imidazole rings is 1. The van der Waals surface area contributed by atoms with Gasteiger partial charge in [-0.25, -0.2) is 4.98 Å². The fourth-order valence-electron chi connectivity index (χ4n) is 10.0. The van der Waals surface area contributed by atoms with E-state index in [0.717, 1.165) is 11.8 Å². The van der Waals surface area contributed by atoms with Crippen molar-refractivity contribution >= 4 is 129 Å². The van der Waals surface area contributed by atoms with Crippen LogP contribution in [0.5, 0.6) is 0 Å². The summed E-state index contributed by atoms with van der Waals surface area (Å²) in [5.41, 5.74) is 18.5. The number of likely N-dealkylation sites (N-methyl/N-ethyl adjacent to an activating group) is 1. The molecule has 0 radical (unpaired) electrons. The summed E-state index contributed by atoms with van der Waals surface area (Å²) < 4.78 is 0. The number of nitrogen functional groups attached to an aromatic ring is 1. The number of H-pyrrole nitrogens is 2. The second kappa shape index (κ2) is 42.2. The van der Waals surface area contributed by atoms with Crippen molar-refractivity contribution in [1.82, 2.24) is 83.2 Å². The predicted octanol–water partition coefficient (Wildman–Crippen LogP) is -3.99. The van der Waals surface area contributed by atoms with E-state index in [1.807, 2.05) is 20.1 Å². The Morgan fingerprint density at radius 1 is 0.627 bits per heavy atom. The number of benzene rings is 2. The first-order chi connectivity index (χ1) is 48.2. The zero-order valence-corrected chi connectivity index (χ0v) is 60.0. The molecule has 0 saturated heterocycles. The molecule has 0 spiro atoms. The normalized spacial score (nSPS) is 13.8. The monoisotopic (exact) mass is 1460 g/mol. The van der Waals surface area contributed by atoms with Gasteiger partial charge in [0.05, 0.1) is 44.1 Å². The molecule has 2 aromatic heterocycles. The molecule has 0 aliphatic rings. The first-order valence-corrected chi connectivity index (χ1v) is 35.1. The number of thioether (sulfide) groups is 2. The number of carbonyl (C=O) groups excluding carboxylic acids is 15. The van der Waals surface area contributed by atoms with Crippen LogP contribution in [0.2, 0.25) is 0 Å². The van der Waals surface area contributed by atoms with Gasteiger partial charge in [0.25, 0.3) is 5.91 Å². The number of hydrogen-bond acceptors (Lipinski definition) is 21. The molecule has 9 atom stereocenters. The third-order valence-electron chi connectivity index (χ3n) is 15.4. The van der Waals surface area contributed by atoms with Gasteiger partial charge in [0.15, 0.2) is 0 Å². The molecule has 35 nitrogen and oxygen atoms in total. The molecule has 4 aromatic rings. The molecule has 0 fully saturated rings. The summed E-state index contributed by atoms with van der Waals surface area (Å²) in [4.78, 5) is 217. The largest absolute Gasteiger partial charge is 0.399 e. The van der Waals surface area contributed by atoms with Crippen LogP contribution in [0.15, 0.2) is 67.3 Å². The van der Waals surface area contributed by atoms with Crippen molar-refractivity contribution in [2.45, 2.75) is 134 Å². The van der Waals surface area contributed by atoms with Crippen LogP contribution < -0.4 is 75.7 Å². The van der Waals surface area contributed by atoms with Gasteiger partial charge in [0.2, 0.25) is 82.7 Å². The highest BCUT2D eigenvalue weighted by Crippen LogP contribution is 2.22. The average Bonchev–Trinajstić information content (AvgIpc) is 1.32. The van der Waals surface area contributed by atoms with Crippen LogP contribution >= 0.6 is 23.5 Å². The number of primary amides is 2. The Morgan fingerprint density at radius 3 is 1.84 bits per heavy atom. The molecule has 2 heterocycles. The van der Waals surface area contributed by atoms with Crippen LogP contribution in [-0.4, -0.2) is 237 Å². The fourth-order valence-corrected chi connectivity index (χ4v) is 11.4. The maximum atomic E-state index is 15.1. The van der Waals surface area contributed by atoms with Crippen LogP contribution in [0.3, 0.4) is 0 Å². The molecule has 0 bridgehead atoms. The number of nitrogens with two attached hydrogens (primary N) is 3. The van der Waals surface area contributed by atoms with E-state index in [9.17, 15) is 72.2 Å². The highest BCUT2D eigenvalue weighted by atomic mass is 32.2. The zero-order chi connectivity index (χ0) is 75.9. The van der Waals surface area contributed by atoms with Crippen LogP contribution in [0.4, 0.5) is 5.69 Å². The maximum absolute atomic E-state index is 15.1. The number of aliphatic hydroxyl groups is 1. The summed E-state index contributed by atoms with van der Waals surface area (Å²) in [5, 5.41) is 38.3. The predicted molar refractivity (Wildman–Crippen MR) is 379 cm³/mol. The summed E-state index contributed by atoms with van der Waals surface area (Å²) in [6.07, 6.45) is 4.79. The number of para-hydroxylation sites is 1. The third-order valence-corrected chi connectivity index (χ3v) is 16.9. The molecule has 102 heavy (non-hydrogen) atoms. The van der Waals surface area contributed by atoms with E-state index in [0.29, 0.717) is 32.8 Å². The number of aliphatic hydroxyl groups excluding tert-OH is 1. The van der Waals surface area contributed by atoms with Crippen LogP contribution in [-0.2, 0) is 80.0 Å². The molecule has 4 rings (SSSR count). The Hall–Kier alpha value is -10.1. The van der Waals surface area contributed by atoms with Crippen molar-refractivity contribution in [3.05, 3.63) is 84.1 Å². The molecule has 0 aliphatic heterocycles. The molecule has 0 unspecified atom stereocenters. The van der Waals surface area contributed by atoms with Gasteiger partial charge in [0.1, 0.15) is 54.4 Å². The Bertz CT molecular complexity index is 3570. The molecular weight excluding hydrogens is 1370 g/mol. The van der Waals surface area contributed by atoms with Gasteiger partial charge in [-0.15, -0.1) is 11.8 Å². The lowest BCUT2D eigenvalue weighted by Crippen LogP contribution is -2.60. The molecular formula is C65H95N19O16S2. The number of nitrogens with zero attached hydrogens (tertiary/aromatic N) is 3. The van der Waals surface area contributed by atoms with E-state index in [2.05, 4.69) is 73.4 Å². The molecule has 20 N–H and O–H groups in total. The van der Waals surface area contributed by atoms with E-state index < -0.39 is 181 Å². The fraction of sp³-hybridized carbons (Fsp3) is 0.508. The van der Waals surface area contributed by atoms with E-state index >= 15 is 4.79 Å². The van der Waals surface area contributed by atoms with Crippen LogP contribution in [0, 0.1) is 11.8 Å². The van der Waals surface area contributed by atoms with E-state index in [-0.39, 0.29) is 61.0 Å². The number of rotatable bonds is 43. The standard InChI is InChI=1S/C65H95N19O16S2/c1-34(2)22-45(60(95)78-44(56(68)91)20-21-101-9)79-61(96)47(24-41-26-69-32-73-41)76-52(88)27-71-64(99)55(35(3)4)82-57(92)36(5)75-59(94)46(23-39-25-70-43-13-11-10-12-42(39)43)80-63(98)50(18-19-51(67)87)84(65(100)38-14-16-40(66)17-15-38)54(90)28-72-58(93)49(31-102-33-74-37(6)86)81-62(97)48(30-85)77-53(89)29-83(7)8/h10-17,25-26,32,34-36,44-50,55,70,85H,18-24,27-31,33,66H2,1-9H3,(H2,67,87)(H2,68,91)(H,69,73)(H,71,99)(H,72,93)(H,74,86)(H,75,94)(H,76,88)(H,77,89)(H,78,95)(H,79,96)(H,80,98)(H,81,97)(H,82,92)/t36-,44-,45-,46-,47-,48-,49-,50-,55-/m0/s1. The number of amides is 15. The van der Waals surface area contributed by atoms with Crippen molar-refractivity contribution in [3.63, 3.8) is 0 Å². The number of aromatic amines is 2. The summed E-state index contributed by atoms with van der Waals surface area (Å²) in [6, 6.07) is -1.16. The van der Waals surface area contributed by atoms with Crippen LogP contribution in [0.25, 0.3) is 10.9 Å². The summed E-state index contributed by atoms with van der Waals surface area (Å²) in [6.45, 7) is 6.44. The number of nitrogens with one attached hydrogen (secondary N) is 13. The highest BCUT2D eigenvalue weighted by molar-refractivity contribution is 7.99. The number of fused-ring (bicyclic) bond motifs is 1. The van der Waals surface area contributed by atoms with Gasteiger partial charge >= 0.3 is 0 Å². The number of hydrogen-bond donors (Lipinski definition) is 17. The highest BCUT2D eigenvalue weighted by Gasteiger charge is 2.40. The molecule has 37 heteroatoms. The van der Waals surface area contributed by atoms with Gasteiger partial charge in [-0.3, -0.25) is 76.8 Å². The SMILES string of the molecule is CSCC[C@H](NC(=O)[C@H](CC(C)C)NC(=O)[C@H](Cc1c[nH]cn1)NC(=O)CNC(=O)[C@@H](NC(=O)[C@H](C)NC(=O)[C@H](Cc1c[nH]c2ccccc12)NC(=O)[C@H](CCC(N)=O)N(C(=O)CNC(=O)[C@H](CSCNC(C)=O)NC(=O)[C@H](CO)NC(=O)CN(C)C)C(=O)c1ccc(N)cc1)C(C)C)C(N)=O. The molecule has 0 aliphatic carbocycles. The van der Waals surface area contributed by atoms with Crippen molar-refractivity contribution in [2.75, 3.05) is 69.7 Å². The van der Waals surface area contributed by atoms with Crippen molar-refractivity contribution in [1.29, 1.82) is 0 Å². The second-order valence-electron chi connectivity index (χ2n) is 24.9. The first kappa shape index (κ1) is 84.3. The Balaban J connectivity index is 1.62. The Morgan fingerprint density at radius 2 is 1.24 bits per heavy atom. The lowest BCUT2D eigenvalue weighted by atomic mass is 10.0. The van der Waals surface area contributed by atoms with Gasteiger partial charge < -0.3 is 95.7 Å². The minimum absolute atomic E-state index is 0.0549. The topological polar surface area (TPSA) is 538 Å². The third kappa shape index (κ3) is 28.1.